The van der Waals surface area contributed by atoms with Gasteiger partial charge in [-0.1, -0.05) is 0 Å². The third-order valence-electron chi connectivity index (χ3n) is 4.92. The zero-order valence-electron chi connectivity index (χ0n) is 18.5. The highest BCUT2D eigenvalue weighted by molar-refractivity contribution is 5.92. The molecule has 32 heavy (non-hydrogen) atoms. The Morgan fingerprint density at radius 1 is 1.38 bits per heavy atom. The average molecular weight is 454 g/mol. The lowest BCUT2D eigenvalue weighted by atomic mass is 10.0. The van der Waals surface area contributed by atoms with E-state index in [1.54, 1.807) is 26.8 Å². The zero-order chi connectivity index (χ0) is 23.7. The monoisotopic (exact) mass is 454 g/mol. The Morgan fingerprint density at radius 3 is 2.75 bits per heavy atom. The van der Waals surface area contributed by atoms with Crippen LogP contribution in [0.2, 0.25) is 0 Å². The molecule has 1 fully saturated rings. The molecule has 0 unspecified atom stereocenters. The minimum absolute atomic E-state index is 0.110. The van der Waals surface area contributed by atoms with Crippen LogP contribution in [0, 0.1) is 0 Å². The van der Waals surface area contributed by atoms with Crippen LogP contribution >= 0.6 is 0 Å². The number of imidazole rings is 1. The number of amides is 2. The van der Waals surface area contributed by atoms with Crippen molar-refractivity contribution in [3.05, 3.63) is 24.0 Å². The van der Waals surface area contributed by atoms with Crippen molar-refractivity contribution in [3.8, 4) is 0 Å². The summed E-state index contributed by atoms with van der Waals surface area (Å²) in [5.74, 6) is -3.31. The highest BCUT2D eigenvalue weighted by Crippen LogP contribution is 2.31. The fraction of sp³-hybridized carbons (Fsp3) is 0.600. The molecule has 10 nitrogen and oxygen atoms in total. The number of carbonyl (C=O) groups excluding carboxylic acids is 2. The molecule has 0 aromatic carbocycles. The van der Waals surface area contributed by atoms with Crippen LogP contribution in [0.5, 0.6) is 0 Å². The molecule has 176 valence electrons. The van der Waals surface area contributed by atoms with Gasteiger partial charge in [-0.05, 0) is 32.9 Å². The van der Waals surface area contributed by atoms with Gasteiger partial charge in [0.1, 0.15) is 23.2 Å². The maximum absolute atomic E-state index is 14.6. The predicted octanol–water partition coefficient (Wildman–Crippen LogP) is 1.85. The van der Waals surface area contributed by atoms with Crippen molar-refractivity contribution >= 4 is 23.5 Å². The highest BCUT2D eigenvalue weighted by atomic mass is 19.3. The number of aromatic nitrogens is 3. The van der Waals surface area contributed by atoms with E-state index < -0.39 is 36.0 Å². The van der Waals surface area contributed by atoms with Gasteiger partial charge in [-0.2, -0.15) is 0 Å². The zero-order valence-corrected chi connectivity index (χ0v) is 18.5. The Hall–Kier alpha value is -3.02. The van der Waals surface area contributed by atoms with E-state index in [-0.39, 0.29) is 37.8 Å². The van der Waals surface area contributed by atoms with Gasteiger partial charge in [-0.15, -0.1) is 5.10 Å². The van der Waals surface area contributed by atoms with Gasteiger partial charge in [0.15, 0.2) is 5.65 Å². The van der Waals surface area contributed by atoms with Crippen LogP contribution in [0.25, 0.3) is 5.65 Å². The third kappa shape index (κ3) is 5.42. The van der Waals surface area contributed by atoms with E-state index in [1.807, 2.05) is 0 Å². The molecule has 1 saturated heterocycles. The van der Waals surface area contributed by atoms with Gasteiger partial charge in [0.25, 0.3) is 11.8 Å². The minimum atomic E-state index is -3.06. The molecule has 0 spiro atoms. The maximum Gasteiger partial charge on any atom is 0.410 e. The average Bonchev–Trinajstić information content (AvgIpc) is 3.11. The summed E-state index contributed by atoms with van der Waals surface area (Å²) in [5.41, 5.74) is -0.249. The molecule has 3 heterocycles. The van der Waals surface area contributed by atoms with Crippen LogP contribution in [0.15, 0.2) is 18.3 Å². The molecule has 1 aliphatic rings. The highest BCUT2D eigenvalue weighted by Gasteiger charge is 2.46. The molecule has 0 bridgehead atoms. The number of nitrogens with zero attached hydrogens (tertiary/aromatic N) is 5. The summed E-state index contributed by atoms with van der Waals surface area (Å²) in [5, 5.41) is 15.9. The van der Waals surface area contributed by atoms with E-state index in [4.69, 9.17) is 9.84 Å². The molecule has 12 heteroatoms. The second-order valence-corrected chi connectivity index (χ2v) is 8.73. The number of likely N-dealkylation sites (tertiary alicyclic amines) is 1. The summed E-state index contributed by atoms with van der Waals surface area (Å²) in [7, 11) is 1.53. The Balaban J connectivity index is 1.76. The van der Waals surface area contributed by atoms with E-state index in [9.17, 15) is 18.4 Å². The van der Waals surface area contributed by atoms with Crippen LogP contribution < -0.4 is 5.32 Å². The number of hydrogen-bond donors (Lipinski definition) is 2. The predicted molar refractivity (Wildman–Crippen MR) is 112 cm³/mol. The first-order valence-corrected chi connectivity index (χ1v) is 10.2. The van der Waals surface area contributed by atoms with E-state index in [0.29, 0.717) is 5.65 Å². The van der Waals surface area contributed by atoms with Crippen molar-refractivity contribution in [2.45, 2.75) is 44.8 Å². The number of nitrogens with one attached hydrogen (secondary N) is 1. The first-order valence-electron chi connectivity index (χ1n) is 10.2. The number of ether oxygens (including phenoxy) is 1. The number of aliphatic hydroxyl groups excluding tert-OH is 1. The number of rotatable bonds is 5. The van der Waals surface area contributed by atoms with Crippen molar-refractivity contribution in [2.75, 3.05) is 38.6 Å². The smallest absolute Gasteiger partial charge is 0.410 e. The van der Waals surface area contributed by atoms with Gasteiger partial charge in [-0.25, -0.2) is 23.1 Å². The molecular weight excluding hydrogens is 426 g/mol. The number of carbonyl (C=O) groups is 2. The second kappa shape index (κ2) is 8.85. The fourth-order valence-corrected chi connectivity index (χ4v) is 3.23. The quantitative estimate of drug-likeness (QED) is 0.709. The van der Waals surface area contributed by atoms with Crippen molar-refractivity contribution in [1.82, 2.24) is 24.4 Å². The SMILES string of the molecule is CN(CCO)C(=O)c1cn2nc(N[C@H]3CN(C(=O)OC(C)(C)C)CCC3(F)F)ccc2n1. The summed E-state index contributed by atoms with van der Waals surface area (Å²) < 4.78 is 35.7. The molecule has 1 aliphatic heterocycles. The Bertz CT molecular complexity index is 990. The van der Waals surface area contributed by atoms with Crippen molar-refractivity contribution in [2.24, 2.45) is 0 Å². The molecule has 0 radical (unpaired) electrons. The topological polar surface area (TPSA) is 112 Å². The number of piperidine rings is 1. The summed E-state index contributed by atoms with van der Waals surface area (Å²) in [4.78, 5) is 31.4. The summed E-state index contributed by atoms with van der Waals surface area (Å²) in [6.45, 7) is 4.75. The molecular formula is C20H28F2N6O4. The van der Waals surface area contributed by atoms with Gasteiger partial charge in [0.05, 0.1) is 19.3 Å². The molecule has 2 amide bonds. The summed E-state index contributed by atoms with van der Waals surface area (Å²) in [6, 6.07) is 1.66. The van der Waals surface area contributed by atoms with Crippen LogP contribution in [-0.4, -0.2) is 92.4 Å². The first kappa shape index (κ1) is 23.6. The van der Waals surface area contributed by atoms with Crippen molar-refractivity contribution < 1.29 is 28.2 Å². The molecule has 1 atom stereocenters. The third-order valence-corrected chi connectivity index (χ3v) is 4.92. The van der Waals surface area contributed by atoms with Crippen LogP contribution in [0.4, 0.5) is 19.4 Å². The molecule has 2 aromatic rings. The van der Waals surface area contributed by atoms with E-state index in [1.165, 1.54) is 33.6 Å². The minimum Gasteiger partial charge on any atom is -0.444 e. The van der Waals surface area contributed by atoms with Gasteiger partial charge < -0.3 is 25.0 Å². The number of aliphatic hydroxyl groups is 1. The Morgan fingerprint density at radius 2 is 2.09 bits per heavy atom. The number of hydrogen-bond acceptors (Lipinski definition) is 7. The van der Waals surface area contributed by atoms with E-state index in [2.05, 4.69) is 15.4 Å². The van der Waals surface area contributed by atoms with Crippen LogP contribution in [-0.2, 0) is 4.74 Å². The first-order chi connectivity index (χ1) is 14.9. The standard InChI is InChI=1S/C20H28F2N6O4/c1-19(2,3)32-18(31)27-8-7-20(21,22)14(12-27)24-15-5-6-16-23-13(11-28(16)25-15)17(30)26(4)9-10-29/h5-6,11,14,29H,7-10,12H2,1-4H3,(H,24,25)/t14-/m0/s1. The number of fused-ring (bicyclic) bond motifs is 1. The van der Waals surface area contributed by atoms with Gasteiger partial charge in [0, 0.05) is 26.6 Å². The number of alkyl halides is 2. The van der Waals surface area contributed by atoms with Crippen LogP contribution in [0.1, 0.15) is 37.7 Å². The fourth-order valence-electron chi connectivity index (χ4n) is 3.23. The molecule has 0 saturated carbocycles. The van der Waals surface area contributed by atoms with Crippen molar-refractivity contribution in [3.63, 3.8) is 0 Å². The summed E-state index contributed by atoms with van der Waals surface area (Å²) >= 11 is 0. The Labute approximate surface area is 184 Å². The van der Waals surface area contributed by atoms with Gasteiger partial charge in [0.2, 0.25) is 0 Å². The molecule has 2 aromatic heterocycles. The largest absolute Gasteiger partial charge is 0.444 e. The lowest BCUT2D eigenvalue weighted by Gasteiger charge is -2.39. The van der Waals surface area contributed by atoms with Gasteiger partial charge >= 0.3 is 6.09 Å². The molecule has 2 N–H and O–H groups in total. The number of likely N-dealkylation sites (N-methyl/N-ethyl adjacent to an activating group) is 1. The number of anilines is 1. The number of halogens is 2. The molecule has 0 aliphatic carbocycles. The molecule has 3 rings (SSSR count). The normalized spacial score (nSPS) is 18.5. The lowest BCUT2D eigenvalue weighted by molar-refractivity contribution is -0.0684. The Kier molecular flexibility index (Phi) is 6.54. The summed E-state index contributed by atoms with van der Waals surface area (Å²) in [6.07, 6.45) is 0.239. The van der Waals surface area contributed by atoms with E-state index in [0.717, 1.165) is 0 Å². The maximum atomic E-state index is 14.6. The van der Waals surface area contributed by atoms with Crippen LogP contribution in [0.3, 0.4) is 0 Å². The van der Waals surface area contributed by atoms with E-state index >= 15 is 0 Å². The van der Waals surface area contributed by atoms with Gasteiger partial charge in [-0.3, -0.25) is 4.79 Å². The van der Waals surface area contributed by atoms with Crippen molar-refractivity contribution in [1.29, 1.82) is 0 Å². The lowest BCUT2D eigenvalue weighted by Crippen LogP contribution is -2.56. The second-order valence-electron chi connectivity index (χ2n) is 8.73.